The summed E-state index contributed by atoms with van der Waals surface area (Å²) in [4.78, 5) is 6.68. The Labute approximate surface area is 159 Å². The molecule has 1 saturated heterocycles. The van der Waals surface area contributed by atoms with Crippen LogP contribution in [0.25, 0.3) is 0 Å². The van der Waals surface area contributed by atoms with Crippen molar-refractivity contribution >= 4 is 5.96 Å². The number of guanidine groups is 1. The normalized spacial score (nSPS) is 18.4. The summed E-state index contributed by atoms with van der Waals surface area (Å²) in [6.07, 6.45) is 2.41. The molecule has 2 N–H and O–H groups in total. The summed E-state index contributed by atoms with van der Waals surface area (Å²) in [6.45, 7) is 3.77. The van der Waals surface area contributed by atoms with Gasteiger partial charge >= 0.3 is 6.61 Å². The largest absolute Gasteiger partial charge is 0.497 e. The zero-order valence-electron chi connectivity index (χ0n) is 16.3. The lowest BCUT2D eigenvalue weighted by Gasteiger charge is -2.32. The van der Waals surface area contributed by atoms with E-state index < -0.39 is 6.61 Å². The Kier molecular flexibility index (Phi) is 8.57. The maximum absolute atomic E-state index is 12.6. The molecule has 152 valence electrons. The van der Waals surface area contributed by atoms with Crippen LogP contribution in [0.5, 0.6) is 11.5 Å². The Bertz CT molecular complexity index is 613. The van der Waals surface area contributed by atoms with Crippen LogP contribution in [0.4, 0.5) is 8.78 Å². The molecule has 27 heavy (non-hydrogen) atoms. The van der Waals surface area contributed by atoms with Gasteiger partial charge in [0, 0.05) is 32.2 Å². The van der Waals surface area contributed by atoms with E-state index >= 15 is 0 Å². The van der Waals surface area contributed by atoms with Gasteiger partial charge in [-0.25, -0.2) is 0 Å². The Morgan fingerprint density at radius 1 is 1.37 bits per heavy atom. The van der Waals surface area contributed by atoms with Gasteiger partial charge in [-0.2, -0.15) is 8.78 Å². The van der Waals surface area contributed by atoms with Crippen molar-refractivity contribution in [2.24, 2.45) is 10.9 Å². The SMILES string of the molecule is CCN1CCCC(CNC(=NC)NCc2cc(OC)ccc2OC(F)F)C1. The van der Waals surface area contributed by atoms with Crippen molar-refractivity contribution < 1.29 is 18.3 Å². The molecule has 1 aliphatic rings. The highest BCUT2D eigenvalue weighted by Crippen LogP contribution is 2.25. The third-order valence-electron chi connectivity index (χ3n) is 4.76. The van der Waals surface area contributed by atoms with E-state index in [1.807, 2.05) is 0 Å². The molecule has 1 atom stereocenters. The average molecular weight is 384 g/mol. The van der Waals surface area contributed by atoms with Crippen LogP contribution in [0.3, 0.4) is 0 Å². The molecule has 1 unspecified atom stereocenters. The Morgan fingerprint density at radius 2 is 2.19 bits per heavy atom. The first-order valence-electron chi connectivity index (χ1n) is 9.34. The summed E-state index contributed by atoms with van der Waals surface area (Å²) in [5.41, 5.74) is 0.576. The van der Waals surface area contributed by atoms with Gasteiger partial charge in [-0.1, -0.05) is 6.92 Å². The molecular formula is C19H30F2N4O2. The zero-order chi connectivity index (χ0) is 19.6. The number of methoxy groups -OCH3 is 1. The highest BCUT2D eigenvalue weighted by Gasteiger charge is 2.19. The van der Waals surface area contributed by atoms with E-state index in [0.717, 1.165) is 19.6 Å². The maximum atomic E-state index is 12.6. The van der Waals surface area contributed by atoms with Gasteiger partial charge in [-0.05, 0) is 50.0 Å². The fraction of sp³-hybridized carbons (Fsp3) is 0.632. The monoisotopic (exact) mass is 384 g/mol. The van der Waals surface area contributed by atoms with Gasteiger partial charge in [0.2, 0.25) is 0 Å². The smallest absolute Gasteiger partial charge is 0.387 e. The Morgan fingerprint density at radius 3 is 2.85 bits per heavy atom. The predicted octanol–water partition coefficient (Wildman–Crippen LogP) is 2.69. The molecule has 1 aromatic carbocycles. The summed E-state index contributed by atoms with van der Waals surface area (Å²) in [5, 5.41) is 6.50. The number of hydrogen-bond donors (Lipinski definition) is 2. The molecule has 0 saturated carbocycles. The second-order valence-corrected chi connectivity index (χ2v) is 6.56. The van der Waals surface area contributed by atoms with Crippen LogP contribution < -0.4 is 20.1 Å². The number of rotatable bonds is 8. The standard InChI is InChI=1S/C19H30F2N4O2/c1-4-25-9-5-6-14(13-25)11-23-19(22-2)24-12-15-10-16(26-3)7-8-17(15)27-18(20)21/h7-8,10,14,18H,4-6,9,11-13H2,1-3H3,(H2,22,23,24). The topological polar surface area (TPSA) is 58.1 Å². The van der Waals surface area contributed by atoms with Crippen molar-refractivity contribution in [3.63, 3.8) is 0 Å². The van der Waals surface area contributed by atoms with Crippen molar-refractivity contribution in [2.75, 3.05) is 40.3 Å². The molecular weight excluding hydrogens is 354 g/mol. The lowest BCUT2D eigenvalue weighted by molar-refractivity contribution is -0.0504. The summed E-state index contributed by atoms with van der Waals surface area (Å²) in [7, 11) is 3.22. The van der Waals surface area contributed by atoms with E-state index in [2.05, 4.69) is 32.2 Å². The van der Waals surface area contributed by atoms with E-state index in [-0.39, 0.29) is 5.75 Å². The van der Waals surface area contributed by atoms with E-state index in [1.54, 1.807) is 19.2 Å². The molecule has 0 aromatic heterocycles. The molecule has 2 rings (SSSR count). The zero-order valence-corrected chi connectivity index (χ0v) is 16.3. The van der Waals surface area contributed by atoms with Crippen LogP contribution in [-0.4, -0.2) is 57.8 Å². The van der Waals surface area contributed by atoms with Gasteiger partial charge in [0.15, 0.2) is 5.96 Å². The fourth-order valence-electron chi connectivity index (χ4n) is 3.28. The molecule has 1 aliphatic heterocycles. The van der Waals surface area contributed by atoms with E-state index in [1.165, 1.54) is 32.6 Å². The summed E-state index contributed by atoms with van der Waals surface area (Å²) in [5.74, 6) is 1.92. The molecule has 0 radical (unpaired) electrons. The second-order valence-electron chi connectivity index (χ2n) is 6.56. The van der Waals surface area contributed by atoms with Crippen molar-refractivity contribution in [3.05, 3.63) is 23.8 Å². The number of nitrogens with zero attached hydrogens (tertiary/aromatic N) is 2. The Hall–Kier alpha value is -2.09. The van der Waals surface area contributed by atoms with Gasteiger partial charge in [0.25, 0.3) is 0 Å². The number of nitrogens with one attached hydrogen (secondary N) is 2. The molecule has 1 heterocycles. The lowest BCUT2D eigenvalue weighted by atomic mass is 9.98. The van der Waals surface area contributed by atoms with Crippen LogP contribution >= 0.6 is 0 Å². The van der Waals surface area contributed by atoms with Gasteiger partial charge < -0.3 is 25.0 Å². The van der Waals surface area contributed by atoms with Crippen LogP contribution in [0.2, 0.25) is 0 Å². The summed E-state index contributed by atoms with van der Waals surface area (Å²) in [6, 6.07) is 4.76. The lowest BCUT2D eigenvalue weighted by Crippen LogP contribution is -2.44. The molecule has 0 amide bonds. The summed E-state index contributed by atoms with van der Waals surface area (Å²) < 4.78 is 35.0. The van der Waals surface area contributed by atoms with Gasteiger partial charge in [-0.3, -0.25) is 4.99 Å². The predicted molar refractivity (Wildman–Crippen MR) is 103 cm³/mol. The van der Waals surface area contributed by atoms with Crippen LogP contribution in [0.15, 0.2) is 23.2 Å². The molecule has 0 aliphatic carbocycles. The third-order valence-corrected chi connectivity index (χ3v) is 4.76. The minimum absolute atomic E-state index is 0.125. The van der Waals surface area contributed by atoms with Crippen molar-refractivity contribution in [3.8, 4) is 11.5 Å². The average Bonchev–Trinajstić information content (AvgIpc) is 2.68. The molecule has 0 spiro atoms. The number of piperidine rings is 1. The number of hydrogen-bond acceptors (Lipinski definition) is 4. The maximum Gasteiger partial charge on any atom is 0.387 e. The molecule has 1 fully saturated rings. The first-order chi connectivity index (χ1) is 13.0. The molecule has 1 aromatic rings. The van der Waals surface area contributed by atoms with E-state index in [4.69, 9.17) is 4.74 Å². The fourth-order valence-corrected chi connectivity index (χ4v) is 3.28. The number of ether oxygens (including phenoxy) is 2. The second kappa shape index (κ2) is 10.9. The van der Waals surface area contributed by atoms with Gasteiger partial charge in [0.1, 0.15) is 11.5 Å². The highest BCUT2D eigenvalue weighted by molar-refractivity contribution is 5.79. The minimum Gasteiger partial charge on any atom is -0.497 e. The third kappa shape index (κ3) is 6.86. The van der Waals surface area contributed by atoms with E-state index in [0.29, 0.717) is 29.7 Å². The van der Waals surface area contributed by atoms with Crippen LogP contribution in [0, 0.1) is 5.92 Å². The van der Waals surface area contributed by atoms with Crippen molar-refractivity contribution in [2.45, 2.75) is 32.9 Å². The molecule has 6 nitrogen and oxygen atoms in total. The first kappa shape index (κ1) is 21.2. The number of aliphatic imine (C=N–C) groups is 1. The first-order valence-corrected chi connectivity index (χ1v) is 9.34. The molecule has 0 bridgehead atoms. The minimum atomic E-state index is -2.87. The van der Waals surface area contributed by atoms with Crippen molar-refractivity contribution in [1.29, 1.82) is 0 Å². The number of halogens is 2. The van der Waals surface area contributed by atoms with E-state index in [9.17, 15) is 8.78 Å². The van der Waals surface area contributed by atoms with Crippen LogP contribution in [0.1, 0.15) is 25.3 Å². The van der Waals surface area contributed by atoms with Crippen LogP contribution in [-0.2, 0) is 6.54 Å². The molecule has 8 heteroatoms. The number of benzene rings is 1. The number of likely N-dealkylation sites (tertiary alicyclic amines) is 1. The highest BCUT2D eigenvalue weighted by atomic mass is 19.3. The van der Waals surface area contributed by atoms with Gasteiger partial charge in [-0.15, -0.1) is 0 Å². The summed E-state index contributed by atoms with van der Waals surface area (Å²) >= 11 is 0. The van der Waals surface area contributed by atoms with Crippen molar-refractivity contribution in [1.82, 2.24) is 15.5 Å². The Balaban J connectivity index is 1.91. The number of alkyl halides is 2. The van der Waals surface area contributed by atoms with Gasteiger partial charge in [0.05, 0.1) is 7.11 Å². The quantitative estimate of drug-likeness (QED) is 0.533.